The number of esters is 1. The summed E-state index contributed by atoms with van der Waals surface area (Å²) in [6.07, 6.45) is 0.609. The summed E-state index contributed by atoms with van der Waals surface area (Å²) >= 11 is 6.05. The number of rotatable bonds is 5. The Bertz CT molecular complexity index is 1280. The number of nitrogens with zero attached hydrogens (tertiary/aromatic N) is 1. The Morgan fingerprint density at radius 2 is 1.86 bits per heavy atom. The van der Waals surface area contributed by atoms with Gasteiger partial charge in [0.05, 0.1) is 16.8 Å². The van der Waals surface area contributed by atoms with Crippen molar-refractivity contribution in [1.82, 2.24) is 5.43 Å². The highest BCUT2D eigenvalue weighted by Gasteiger charge is 2.28. The van der Waals surface area contributed by atoms with E-state index in [1.165, 1.54) is 6.21 Å². The van der Waals surface area contributed by atoms with E-state index in [2.05, 4.69) is 31.3 Å². The Morgan fingerprint density at radius 1 is 1.06 bits per heavy atom. The maximum absolute atomic E-state index is 12.6. The molecule has 0 aliphatic carbocycles. The number of ether oxygens (including phenoxy) is 3. The third-order valence-electron chi connectivity index (χ3n) is 5.31. The second kappa shape index (κ2) is 10.2. The second-order valence-electron chi connectivity index (χ2n) is 9.01. The first-order chi connectivity index (χ1) is 16.7. The van der Waals surface area contributed by atoms with Gasteiger partial charge in [-0.25, -0.2) is 10.2 Å². The van der Waals surface area contributed by atoms with Gasteiger partial charge >= 0.3 is 5.97 Å². The van der Waals surface area contributed by atoms with Gasteiger partial charge in [-0.05, 0) is 52.9 Å². The molecule has 0 spiro atoms. The van der Waals surface area contributed by atoms with Gasteiger partial charge in [-0.3, -0.25) is 4.79 Å². The average molecular weight is 493 g/mol. The maximum atomic E-state index is 12.6. The van der Waals surface area contributed by atoms with E-state index in [0.29, 0.717) is 27.8 Å². The number of hydrogen-bond acceptors (Lipinski definition) is 6. The number of hydrogen-bond donors (Lipinski definition) is 1. The van der Waals surface area contributed by atoms with Crippen molar-refractivity contribution in [1.29, 1.82) is 0 Å². The molecular formula is C27H25ClN2O5. The summed E-state index contributed by atoms with van der Waals surface area (Å²) in [5.41, 5.74) is 4.38. The Hall–Kier alpha value is -3.84. The van der Waals surface area contributed by atoms with Crippen molar-refractivity contribution in [2.75, 3.05) is 6.61 Å². The molecule has 0 aromatic heterocycles. The zero-order valence-electron chi connectivity index (χ0n) is 19.6. The van der Waals surface area contributed by atoms with Crippen LogP contribution in [0, 0.1) is 0 Å². The molecule has 1 aliphatic heterocycles. The van der Waals surface area contributed by atoms with Crippen molar-refractivity contribution in [3.05, 3.63) is 88.4 Å². The lowest BCUT2D eigenvalue weighted by molar-refractivity contribution is -0.130. The lowest BCUT2D eigenvalue weighted by Gasteiger charge is -2.27. The van der Waals surface area contributed by atoms with Crippen LogP contribution in [0.4, 0.5) is 0 Å². The fourth-order valence-electron chi connectivity index (χ4n) is 3.36. The smallest absolute Gasteiger partial charge is 0.345 e. The molecule has 1 heterocycles. The molecule has 1 amide bonds. The Labute approximate surface area is 208 Å². The van der Waals surface area contributed by atoms with Crippen LogP contribution in [0.1, 0.15) is 42.3 Å². The first-order valence-corrected chi connectivity index (χ1v) is 11.4. The van der Waals surface area contributed by atoms with Gasteiger partial charge in [0, 0.05) is 0 Å². The molecular weight excluding hydrogens is 468 g/mol. The van der Waals surface area contributed by atoms with Gasteiger partial charge in [-0.15, -0.1) is 0 Å². The highest BCUT2D eigenvalue weighted by molar-refractivity contribution is 6.33. The zero-order valence-corrected chi connectivity index (χ0v) is 20.3. The summed E-state index contributed by atoms with van der Waals surface area (Å²) in [6, 6.07) is 19.1. The number of carbonyl (C=O) groups is 2. The van der Waals surface area contributed by atoms with Gasteiger partial charge in [0.25, 0.3) is 5.91 Å². The predicted octanol–water partition coefficient (Wildman–Crippen LogP) is 5.15. The van der Waals surface area contributed by atoms with Crippen LogP contribution in [0.2, 0.25) is 5.02 Å². The van der Waals surface area contributed by atoms with Crippen molar-refractivity contribution in [2.45, 2.75) is 32.3 Å². The van der Waals surface area contributed by atoms with Gasteiger partial charge < -0.3 is 14.2 Å². The zero-order chi connectivity index (χ0) is 25.0. The fraction of sp³-hybridized carbons (Fsp3) is 0.222. The molecule has 1 aliphatic rings. The van der Waals surface area contributed by atoms with E-state index < -0.39 is 18.0 Å². The van der Waals surface area contributed by atoms with Gasteiger partial charge in [-0.1, -0.05) is 62.7 Å². The van der Waals surface area contributed by atoms with E-state index in [4.69, 9.17) is 25.8 Å². The van der Waals surface area contributed by atoms with Crippen LogP contribution in [0.5, 0.6) is 17.2 Å². The van der Waals surface area contributed by atoms with Crippen LogP contribution in [0.25, 0.3) is 0 Å². The minimum atomic E-state index is -0.835. The van der Waals surface area contributed by atoms with Crippen molar-refractivity contribution in [3.8, 4) is 17.2 Å². The van der Waals surface area contributed by atoms with Gasteiger partial charge in [0.15, 0.2) is 11.5 Å². The number of fused-ring (bicyclic) bond motifs is 1. The minimum Gasteiger partial charge on any atom is -0.485 e. The molecule has 3 aromatic rings. The summed E-state index contributed by atoms with van der Waals surface area (Å²) < 4.78 is 17.0. The van der Waals surface area contributed by atoms with Crippen molar-refractivity contribution >= 4 is 29.7 Å². The molecule has 180 valence electrons. The molecule has 1 N–H and O–H groups in total. The van der Waals surface area contributed by atoms with Gasteiger partial charge in [0.1, 0.15) is 12.4 Å². The molecule has 35 heavy (non-hydrogen) atoms. The van der Waals surface area contributed by atoms with Crippen LogP contribution in [-0.2, 0) is 10.2 Å². The number of carbonyl (C=O) groups excluding carboxylic acids is 2. The van der Waals surface area contributed by atoms with E-state index in [-0.39, 0.29) is 17.6 Å². The van der Waals surface area contributed by atoms with Crippen LogP contribution < -0.4 is 19.6 Å². The SMILES string of the molecule is CC(C)(C)c1ccc2c(c1)OC(C(=O)NN=Cc1cccc(OC(=O)c3ccccc3Cl)c1)CO2. The number of nitrogens with one attached hydrogen (secondary N) is 1. The lowest BCUT2D eigenvalue weighted by Crippen LogP contribution is -2.42. The fourth-order valence-corrected chi connectivity index (χ4v) is 3.57. The molecule has 0 saturated heterocycles. The van der Waals surface area contributed by atoms with Crippen LogP contribution in [0.3, 0.4) is 0 Å². The van der Waals surface area contributed by atoms with Crippen molar-refractivity contribution in [3.63, 3.8) is 0 Å². The number of benzene rings is 3. The molecule has 4 rings (SSSR count). The quantitative estimate of drug-likeness (QED) is 0.230. The molecule has 8 heteroatoms. The standard InChI is InChI=1S/C27H25ClN2O5/c1-27(2,3)18-11-12-22-23(14-18)35-24(16-33-22)25(31)30-29-15-17-7-6-8-19(13-17)34-26(32)20-9-4-5-10-21(20)28/h4-15,24H,16H2,1-3H3,(H,30,31). The average Bonchev–Trinajstić information content (AvgIpc) is 2.83. The molecule has 7 nitrogen and oxygen atoms in total. The number of hydrazone groups is 1. The summed E-state index contributed by atoms with van der Waals surface area (Å²) in [5.74, 6) is 0.451. The van der Waals surface area contributed by atoms with E-state index in [1.54, 1.807) is 48.5 Å². The number of halogens is 1. The summed E-state index contributed by atoms with van der Waals surface area (Å²) in [4.78, 5) is 24.9. The van der Waals surface area contributed by atoms with Gasteiger partial charge in [-0.2, -0.15) is 5.10 Å². The predicted molar refractivity (Wildman–Crippen MR) is 134 cm³/mol. The molecule has 0 fully saturated rings. The van der Waals surface area contributed by atoms with E-state index in [1.807, 2.05) is 18.2 Å². The first kappa shape index (κ1) is 24.3. The Morgan fingerprint density at radius 3 is 2.63 bits per heavy atom. The highest BCUT2D eigenvalue weighted by Crippen LogP contribution is 2.36. The Kier molecular flexibility index (Phi) is 7.07. The summed E-state index contributed by atoms with van der Waals surface area (Å²) in [7, 11) is 0. The van der Waals surface area contributed by atoms with E-state index in [9.17, 15) is 9.59 Å². The number of amides is 1. The normalized spacial score (nSPS) is 15.0. The van der Waals surface area contributed by atoms with E-state index in [0.717, 1.165) is 5.56 Å². The lowest BCUT2D eigenvalue weighted by atomic mass is 9.87. The topological polar surface area (TPSA) is 86.2 Å². The van der Waals surface area contributed by atoms with Crippen LogP contribution in [-0.4, -0.2) is 30.8 Å². The van der Waals surface area contributed by atoms with E-state index >= 15 is 0 Å². The third-order valence-corrected chi connectivity index (χ3v) is 5.64. The summed E-state index contributed by atoms with van der Waals surface area (Å²) in [5, 5.41) is 4.31. The van der Waals surface area contributed by atoms with Gasteiger partial charge in [0.2, 0.25) is 6.10 Å². The maximum Gasteiger partial charge on any atom is 0.345 e. The third kappa shape index (κ3) is 6.00. The molecule has 0 radical (unpaired) electrons. The molecule has 0 bridgehead atoms. The largest absolute Gasteiger partial charge is 0.485 e. The molecule has 1 unspecified atom stereocenters. The monoisotopic (exact) mass is 492 g/mol. The van der Waals surface area contributed by atoms with Crippen LogP contribution >= 0.6 is 11.6 Å². The first-order valence-electron chi connectivity index (χ1n) is 11.0. The minimum absolute atomic E-state index is 0.0614. The molecule has 0 saturated carbocycles. The Balaban J connectivity index is 1.36. The highest BCUT2D eigenvalue weighted by atomic mass is 35.5. The second-order valence-corrected chi connectivity index (χ2v) is 9.41. The van der Waals surface area contributed by atoms with Crippen LogP contribution in [0.15, 0.2) is 71.8 Å². The van der Waals surface area contributed by atoms with Crippen molar-refractivity contribution in [2.24, 2.45) is 5.10 Å². The molecule has 3 aromatic carbocycles. The molecule has 1 atom stereocenters. The summed E-state index contributed by atoms with van der Waals surface area (Å²) in [6.45, 7) is 6.38. The van der Waals surface area contributed by atoms with Crippen molar-refractivity contribution < 1.29 is 23.8 Å².